The number of ether oxygens (including phenoxy) is 2. The van der Waals surface area contributed by atoms with E-state index in [9.17, 15) is 0 Å². The fraction of sp³-hybridized carbons (Fsp3) is 0.0714. The lowest BCUT2D eigenvalue weighted by molar-refractivity contribution is 0.179. The van der Waals surface area contributed by atoms with Crippen molar-refractivity contribution in [2.45, 2.75) is 6.29 Å². The third kappa shape index (κ3) is 2.74. The summed E-state index contributed by atoms with van der Waals surface area (Å²) in [6.45, 7) is 0.639. The molecule has 5 aromatic rings. The summed E-state index contributed by atoms with van der Waals surface area (Å²) in [6, 6.07) is 31.1. The quantitative estimate of drug-likeness (QED) is 0.316. The van der Waals surface area contributed by atoms with Gasteiger partial charge in [-0.2, -0.15) is 0 Å². The van der Waals surface area contributed by atoms with Crippen LogP contribution in [-0.2, 0) is 4.74 Å². The molecule has 4 heteroatoms. The third-order valence-corrected chi connectivity index (χ3v) is 6.05. The van der Waals surface area contributed by atoms with E-state index in [1.165, 1.54) is 16.3 Å². The highest BCUT2D eigenvalue weighted by molar-refractivity contribution is 6.16. The summed E-state index contributed by atoms with van der Waals surface area (Å²) in [6.07, 6.45) is -0.141. The number of fused-ring (bicyclic) bond motifs is 3. The second-order valence-corrected chi connectivity index (χ2v) is 8.10. The van der Waals surface area contributed by atoms with Crippen molar-refractivity contribution in [2.75, 3.05) is 6.61 Å². The summed E-state index contributed by atoms with van der Waals surface area (Å²) in [5.41, 5.74) is 7.39. The van der Waals surface area contributed by atoms with Crippen LogP contribution < -0.4 is 4.74 Å². The van der Waals surface area contributed by atoms with Crippen LogP contribution in [0.5, 0.6) is 5.75 Å². The molecule has 1 saturated heterocycles. The molecule has 1 aromatic heterocycles. The van der Waals surface area contributed by atoms with Gasteiger partial charge in [-0.05, 0) is 28.5 Å². The number of hydrogen-bond donors (Lipinski definition) is 0. The van der Waals surface area contributed by atoms with Crippen LogP contribution in [0.4, 0.5) is 0 Å². The van der Waals surface area contributed by atoms with Gasteiger partial charge in [0.2, 0.25) is 6.29 Å². The minimum absolute atomic E-state index is 0.141. The summed E-state index contributed by atoms with van der Waals surface area (Å²) in [4.78, 5) is 10.2. The van der Waals surface area contributed by atoms with Crippen molar-refractivity contribution in [3.8, 4) is 50.8 Å². The van der Waals surface area contributed by atoms with Gasteiger partial charge in [0.25, 0.3) is 0 Å². The van der Waals surface area contributed by atoms with Crippen LogP contribution in [0, 0.1) is 0 Å². The zero-order valence-corrected chi connectivity index (χ0v) is 17.2. The van der Waals surface area contributed by atoms with Crippen molar-refractivity contribution in [1.29, 1.82) is 0 Å². The number of rotatable bonds is 4. The lowest BCUT2D eigenvalue weighted by Crippen LogP contribution is -2.00. The van der Waals surface area contributed by atoms with E-state index >= 15 is 0 Å². The van der Waals surface area contributed by atoms with Crippen molar-refractivity contribution in [2.24, 2.45) is 0 Å². The summed E-state index contributed by atoms with van der Waals surface area (Å²) in [7, 11) is 0. The highest BCUT2D eigenvalue weighted by Gasteiger charge is 2.28. The Morgan fingerprint density at radius 2 is 1.44 bits per heavy atom. The first-order valence-corrected chi connectivity index (χ1v) is 10.7. The molecule has 0 radical (unpaired) electrons. The summed E-state index contributed by atoms with van der Waals surface area (Å²) >= 11 is 0. The Balaban J connectivity index is 1.50. The average molecular weight is 414 g/mol. The van der Waals surface area contributed by atoms with Gasteiger partial charge < -0.3 is 9.47 Å². The molecule has 2 aliphatic rings. The number of hydrogen-bond acceptors (Lipinski definition) is 4. The average Bonchev–Trinajstić information content (AvgIpc) is 3.61. The first-order valence-electron chi connectivity index (χ1n) is 10.7. The molecule has 152 valence electrons. The van der Waals surface area contributed by atoms with E-state index in [2.05, 4.69) is 60.7 Å². The van der Waals surface area contributed by atoms with Crippen LogP contribution in [0.25, 0.3) is 55.8 Å². The predicted octanol–water partition coefficient (Wildman–Crippen LogP) is 6.35. The van der Waals surface area contributed by atoms with Gasteiger partial charge in [-0.3, -0.25) is 0 Å². The monoisotopic (exact) mass is 414 g/mol. The van der Waals surface area contributed by atoms with Gasteiger partial charge in [0.05, 0.1) is 11.4 Å². The maximum Gasteiger partial charge on any atom is 0.223 e. The Hall–Kier alpha value is -4.02. The summed E-state index contributed by atoms with van der Waals surface area (Å²) in [5, 5.41) is 2.47. The second-order valence-electron chi connectivity index (χ2n) is 8.10. The van der Waals surface area contributed by atoms with Gasteiger partial charge in [0.15, 0.2) is 5.82 Å². The molecule has 1 fully saturated rings. The van der Waals surface area contributed by atoms with Gasteiger partial charge in [-0.15, -0.1) is 0 Å². The van der Waals surface area contributed by atoms with E-state index in [1.54, 1.807) is 0 Å². The number of epoxide rings is 1. The number of aromatic nitrogens is 2. The second kappa shape index (κ2) is 6.74. The molecule has 32 heavy (non-hydrogen) atoms. The fourth-order valence-corrected chi connectivity index (χ4v) is 4.56. The third-order valence-electron chi connectivity index (χ3n) is 6.05. The molecule has 0 N–H and O–H groups in total. The van der Waals surface area contributed by atoms with Gasteiger partial charge in [-0.25, -0.2) is 9.97 Å². The van der Waals surface area contributed by atoms with Crippen molar-refractivity contribution in [3.05, 3.63) is 91.0 Å². The largest absolute Gasteiger partial charge is 0.462 e. The van der Waals surface area contributed by atoms with Gasteiger partial charge in [0, 0.05) is 22.3 Å². The molecule has 4 nitrogen and oxygen atoms in total. The molecule has 0 bridgehead atoms. The van der Waals surface area contributed by atoms with Crippen LogP contribution in [-0.4, -0.2) is 22.9 Å². The van der Waals surface area contributed by atoms with Crippen molar-refractivity contribution in [3.63, 3.8) is 0 Å². The normalized spacial score (nSPS) is 15.6. The van der Waals surface area contributed by atoms with E-state index in [0.29, 0.717) is 12.4 Å². The topological polar surface area (TPSA) is 47.5 Å². The first kappa shape index (κ1) is 17.6. The Kier molecular flexibility index (Phi) is 3.72. The van der Waals surface area contributed by atoms with Crippen LogP contribution in [0.1, 0.15) is 0 Å². The van der Waals surface area contributed by atoms with Gasteiger partial charge in [-0.1, -0.05) is 78.9 Å². The van der Waals surface area contributed by atoms with Gasteiger partial charge in [0.1, 0.15) is 12.4 Å². The highest BCUT2D eigenvalue weighted by atomic mass is 16.8. The molecule has 7 rings (SSSR count). The van der Waals surface area contributed by atoms with E-state index in [1.807, 2.05) is 30.3 Å². The molecule has 4 aromatic carbocycles. The zero-order valence-electron chi connectivity index (χ0n) is 17.2. The molecular weight excluding hydrogens is 396 g/mol. The molecule has 2 heterocycles. The van der Waals surface area contributed by atoms with E-state index in [-0.39, 0.29) is 6.29 Å². The Morgan fingerprint density at radius 3 is 2.25 bits per heavy atom. The molecule has 1 aliphatic carbocycles. The molecule has 0 saturated carbocycles. The number of benzene rings is 4. The highest BCUT2D eigenvalue weighted by Crippen LogP contribution is 2.50. The van der Waals surface area contributed by atoms with Crippen LogP contribution in [0.3, 0.4) is 0 Å². The Labute approximate surface area is 185 Å². The maximum absolute atomic E-state index is 5.81. The van der Waals surface area contributed by atoms with Gasteiger partial charge >= 0.3 is 0 Å². The van der Waals surface area contributed by atoms with Crippen molar-refractivity contribution in [1.82, 2.24) is 9.97 Å². The molecular formula is C28H18N2O2. The minimum atomic E-state index is -0.141. The molecule has 1 aliphatic heterocycles. The fourth-order valence-electron chi connectivity index (χ4n) is 4.56. The van der Waals surface area contributed by atoms with Crippen LogP contribution in [0.2, 0.25) is 0 Å². The van der Waals surface area contributed by atoms with Crippen molar-refractivity contribution < 1.29 is 9.47 Å². The Bertz CT molecular complexity index is 1500. The SMILES string of the molecule is c1ccc(-c2nc(-c3cccc(OC4CO4)c3)nc3c2-c2cccc4cccc-3c24)cc1. The molecule has 0 amide bonds. The first-order chi connectivity index (χ1) is 15.8. The smallest absolute Gasteiger partial charge is 0.223 e. The number of nitrogens with zero attached hydrogens (tertiary/aromatic N) is 2. The van der Waals surface area contributed by atoms with Crippen LogP contribution >= 0.6 is 0 Å². The molecule has 0 spiro atoms. The standard InChI is InChI=1S/C28H18N2O2/c1-2-7-18(8-3-1)26-25-21-13-5-9-17-10-6-14-22(24(17)21)27(25)30-28(29-26)19-11-4-12-20(15-19)32-23-16-31-23/h1-15,23H,16H2. The lowest BCUT2D eigenvalue weighted by Gasteiger charge is -2.12. The van der Waals surface area contributed by atoms with Crippen molar-refractivity contribution >= 4 is 10.8 Å². The lowest BCUT2D eigenvalue weighted by atomic mass is 9.99. The molecule has 1 unspecified atom stereocenters. The minimum Gasteiger partial charge on any atom is -0.462 e. The zero-order chi connectivity index (χ0) is 21.1. The van der Waals surface area contributed by atoms with E-state index in [0.717, 1.165) is 39.4 Å². The van der Waals surface area contributed by atoms with E-state index in [4.69, 9.17) is 19.4 Å². The Morgan fingerprint density at radius 1 is 0.719 bits per heavy atom. The summed E-state index contributed by atoms with van der Waals surface area (Å²) < 4.78 is 11.0. The molecule has 1 atom stereocenters. The predicted molar refractivity (Wildman–Crippen MR) is 125 cm³/mol. The summed E-state index contributed by atoms with van der Waals surface area (Å²) in [5.74, 6) is 1.45. The van der Waals surface area contributed by atoms with Crippen LogP contribution in [0.15, 0.2) is 91.0 Å². The maximum atomic E-state index is 5.81. The van der Waals surface area contributed by atoms with E-state index < -0.39 is 0 Å².